The minimum absolute atomic E-state index is 0.875. The summed E-state index contributed by atoms with van der Waals surface area (Å²) in [6, 6.07) is 5.72. The first kappa shape index (κ1) is 14.8. The molecule has 75 valence electrons. The van der Waals surface area contributed by atoms with Crippen molar-refractivity contribution >= 4 is 13.6 Å². The summed E-state index contributed by atoms with van der Waals surface area (Å²) in [5, 5.41) is 0. The Balaban J connectivity index is 0. The summed E-state index contributed by atoms with van der Waals surface area (Å²) in [5.74, 6) is 0. The van der Waals surface area contributed by atoms with Crippen LogP contribution in [0.4, 0.5) is 0 Å². The summed E-state index contributed by atoms with van der Waals surface area (Å²) < 4.78 is 0. The predicted octanol–water partition coefficient (Wildman–Crippen LogP) is 3.37. The maximum absolute atomic E-state index is 7.50. The van der Waals surface area contributed by atoms with Crippen molar-refractivity contribution in [2.45, 2.75) is 22.8 Å². The third-order valence-corrected chi connectivity index (χ3v) is 0.566. The third-order valence-electron chi connectivity index (χ3n) is 0.566. The van der Waals surface area contributed by atoms with E-state index in [4.69, 9.17) is 4.91 Å². The van der Waals surface area contributed by atoms with Crippen molar-refractivity contribution in [2.75, 3.05) is 0 Å². The second-order valence-electron chi connectivity index (χ2n) is 3.71. The van der Waals surface area contributed by atoms with E-state index in [2.05, 4.69) is 33.4 Å². The summed E-state index contributed by atoms with van der Waals surface area (Å²) in [6.07, 6.45) is 3.50. The maximum Gasteiger partial charge on any atom is 0.0267 e. The van der Waals surface area contributed by atoms with Gasteiger partial charge in [-0.15, -0.1) is 0 Å². The van der Waals surface area contributed by atoms with Gasteiger partial charge in [0.1, 0.15) is 0 Å². The molecular weight excluding hydrogens is 227 g/mol. The van der Waals surface area contributed by atoms with Crippen LogP contribution in [0, 0.1) is 10.5 Å². The third kappa shape index (κ3) is 34.8. The zero-order chi connectivity index (χ0) is 10.7. The monoisotopic (exact) mass is 245 g/mol. The van der Waals surface area contributed by atoms with Crippen LogP contribution < -0.4 is 0 Å². The van der Waals surface area contributed by atoms with Crippen molar-refractivity contribution < 1.29 is 0 Å². The van der Waals surface area contributed by atoms with Crippen molar-refractivity contribution in [3.63, 3.8) is 0 Å². The minimum Gasteiger partial charge on any atom is -0.265 e. The van der Waals surface area contributed by atoms with Crippen LogP contribution in [0.1, 0.15) is 0 Å². The van der Waals surface area contributed by atoms with Crippen LogP contribution >= 0.6 is 0 Å². The first-order chi connectivity index (χ1) is 6.00. The zero-order valence-electron chi connectivity index (χ0n) is 8.69. The molecule has 1 aromatic heterocycles. The summed E-state index contributed by atoms with van der Waals surface area (Å²) in [5.41, 5.74) is 13.9. The Hall–Kier alpha value is -0.692. The fourth-order valence-corrected chi connectivity index (χ4v) is 0.313. The van der Waals surface area contributed by atoms with Crippen molar-refractivity contribution in [2.24, 2.45) is 0 Å². The average Bonchev–Trinajstić information content (AvgIpc) is 2.08. The Morgan fingerprint density at radius 2 is 1.23 bits per heavy atom. The predicted molar refractivity (Wildman–Crippen MR) is 59.5 cm³/mol. The smallest absolute Gasteiger partial charge is 0.0267 e. The molecule has 13 heavy (non-hydrogen) atoms. The molecule has 1 heterocycles. The van der Waals surface area contributed by atoms with Gasteiger partial charge in [-0.25, -0.2) is 0 Å². The molecule has 0 saturated heterocycles. The van der Waals surface area contributed by atoms with E-state index in [1.54, 1.807) is 12.4 Å². The van der Waals surface area contributed by atoms with Gasteiger partial charge in [0.2, 0.25) is 0 Å². The van der Waals surface area contributed by atoms with Gasteiger partial charge >= 0.3 is 36.4 Å². The van der Waals surface area contributed by atoms with Crippen LogP contribution in [0.3, 0.4) is 0 Å². The number of aromatic nitrogens is 1. The SMILES string of the molecule is C[As](C)(C)C.N=O.c1ccncc1. The fourth-order valence-electron chi connectivity index (χ4n) is 0.313. The maximum atomic E-state index is 7.50. The largest absolute Gasteiger partial charge is 0.265 e. The van der Waals surface area contributed by atoms with Gasteiger partial charge in [-0.3, -0.25) is 4.98 Å². The van der Waals surface area contributed by atoms with E-state index in [0.29, 0.717) is 0 Å². The molecule has 1 N–H and O–H groups in total. The quantitative estimate of drug-likeness (QED) is 0.562. The van der Waals surface area contributed by atoms with Gasteiger partial charge < -0.3 is 0 Å². The molecule has 0 unspecified atom stereocenters. The van der Waals surface area contributed by atoms with Crippen molar-refractivity contribution in [1.82, 2.24) is 4.98 Å². The number of pyridine rings is 1. The Labute approximate surface area is 82.8 Å². The van der Waals surface area contributed by atoms with Gasteiger partial charge in [-0.05, 0) is 12.1 Å². The molecule has 3 nitrogen and oxygen atoms in total. The summed E-state index contributed by atoms with van der Waals surface area (Å²) in [4.78, 5) is 11.3. The van der Waals surface area contributed by atoms with Gasteiger partial charge in [-0.1, -0.05) is 11.7 Å². The molecule has 1 aromatic rings. The van der Waals surface area contributed by atoms with Crippen LogP contribution in [-0.2, 0) is 0 Å². The molecule has 0 amide bonds. The normalized spacial score (nSPS) is 8.62. The number of nitrogens with zero attached hydrogens (tertiary/aromatic N) is 1. The van der Waals surface area contributed by atoms with Crippen LogP contribution in [0.5, 0.6) is 0 Å². The van der Waals surface area contributed by atoms with Gasteiger partial charge in [0.25, 0.3) is 0 Å². The Kier molecular flexibility index (Phi) is 10.7. The molecule has 0 aliphatic rings. The number of rotatable bonds is 0. The van der Waals surface area contributed by atoms with Crippen molar-refractivity contribution in [3.8, 4) is 0 Å². The standard InChI is InChI=1S/C5H5N.C4H12As.HNO/c1-2-4-6-5-3-1;1-5(2,3)4;1-2/h1-5H;1-4H3;1H. The molecule has 0 fully saturated rings. The number of nitrogens with one attached hydrogen (secondary N) is 1. The van der Waals surface area contributed by atoms with Gasteiger partial charge in [0, 0.05) is 12.4 Å². The van der Waals surface area contributed by atoms with Crippen LogP contribution in [0.25, 0.3) is 0 Å². The summed E-state index contributed by atoms with van der Waals surface area (Å²) in [6.45, 7) is 0. The van der Waals surface area contributed by atoms with Gasteiger partial charge in [0.15, 0.2) is 0 Å². The van der Waals surface area contributed by atoms with Gasteiger partial charge in [-0.2, -0.15) is 4.91 Å². The first-order valence-corrected chi connectivity index (χ1v) is 11.3. The van der Waals surface area contributed by atoms with E-state index in [1.165, 1.54) is 0 Å². The molecule has 0 spiro atoms. The van der Waals surface area contributed by atoms with E-state index in [9.17, 15) is 0 Å². The molecular formula is C9H18AsN2O. The summed E-state index contributed by atoms with van der Waals surface area (Å²) in [7, 11) is 0. The molecule has 0 aliphatic carbocycles. The Bertz CT molecular complexity index is 154. The number of hydrogen-bond acceptors (Lipinski definition) is 3. The molecule has 0 aromatic carbocycles. The van der Waals surface area contributed by atoms with E-state index in [0.717, 1.165) is 0 Å². The zero-order valence-corrected chi connectivity index (χ0v) is 10.6. The second-order valence-corrected chi connectivity index (χ2v) is 15.0. The van der Waals surface area contributed by atoms with Crippen LogP contribution in [-0.4, -0.2) is 18.5 Å². The molecule has 0 atom stereocenters. The van der Waals surface area contributed by atoms with Gasteiger partial charge in [0.05, 0.1) is 0 Å². The fraction of sp³-hybridized carbons (Fsp3) is 0.444. The molecule has 1 radical (unpaired) electrons. The minimum atomic E-state index is -0.875. The van der Waals surface area contributed by atoms with E-state index < -0.39 is 13.6 Å². The molecule has 0 saturated carbocycles. The van der Waals surface area contributed by atoms with Crippen molar-refractivity contribution in [1.29, 1.82) is 5.59 Å². The molecule has 0 aliphatic heterocycles. The Morgan fingerprint density at radius 3 is 1.31 bits per heavy atom. The van der Waals surface area contributed by atoms with Crippen molar-refractivity contribution in [3.05, 3.63) is 35.5 Å². The topological polar surface area (TPSA) is 53.8 Å². The Morgan fingerprint density at radius 1 is 0.923 bits per heavy atom. The van der Waals surface area contributed by atoms with E-state index in [-0.39, 0.29) is 0 Å². The average molecular weight is 245 g/mol. The molecule has 0 bridgehead atoms. The number of nitroso groups, excluding NO2 is 1. The van der Waals surface area contributed by atoms with E-state index in [1.807, 2.05) is 18.2 Å². The van der Waals surface area contributed by atoms with Crippen LogP contribution in [0.2, 0.25) is 22.8 Å². The molecule has 1 rings (SSSR count). The summed E-state index contributed by atoms with van der Waals surface area (Å²) >= 11 is -0.875. The number of hydrogen-bond donors (Lipinski definition) is 1. The second kappa shape index (κ2) is 9.40. The molecule has 4 heteroatoms. The van der Waals surface area contributed by atoms with E-state index >= 15 is 0 Å². The van der Waals surface area contributed by atoms with Crippen LogP contribution in [0.15, 0.2) is 30.6 Å². The first-order valence-electron chi connectivity index (χ1n) is 3.84.